The molecule has 0 aliphatic carbocycles. The molecule has 116 valence electrons. The molecule has 2 aromatic rings. The molecule has 0 aliphatic heterocycles. The highest BCUT2D eigenvalue weighted by Crippen LogP contribution is 2.22. The Kier molecular flexibility index (Phi) is 4.65. The third kappa shape index (κ3) is 3.97. The zero-order valence-corrected chi connectivity index (χ0v) is 12.8. The maximum atomic E-state index is 11.9. The van der Waals surface area contributed by atoms with Crippen molar-refractivity contribution in [2.75, 3.05) is 0 Å². The van der Waals surface area contributed by atoms with E-state index in [0.29, 0.717) is 6.42 Å². The van der Waals surface area contributed by atoms with Crippen molar-refractivity contribution in [3.8, 4) is 11.3 Å². The normalized spacial score (nSPS) is 11.2. The fourth-order valence-electron chi connectivity index (χ4n) is 1.98. The van der Waals surface area contributed by atoms with E-state index < -0.39 is 11.4 Å². The first-order valence-corrected chi connectivity index (χ1v) is 7.13. The van der Waals surface area contributed by atoms with Crippen LogP contribution in [0.4, 0.5) is 0 Å². The maximum absolute atomic E-state index is 11.9. The predicted molar refractivity (Wildman–Crippen MR) is 83.9 cm³/mol. The first-order chi connectivity index (χ1) is 10.4. The molecule has 5 heteroatoms. The molecule has 0 unspecified atom stereocenters. The van der Waals surface area contributed by atoms with Crippen LogP contribution in [0.2, 0.25) is 0 Å². The predicted octanol–water partition coefficient (Wildman–Crippen LogP) is 2.26. The summed E-state index contributed by atoms with van der Waals surface area (Å²) in [5.41, 5.74) is 5.17. The van der Waals surface area contributed by atoms with Crippen molar-refractivity contribution >= 4 is 11.8 Å². The van der Waals surface area contributed by atoms with Gasteiger partial charge in [-0.05, 0) is 26.0 Å². The number of nitrogens with one attached hydrogen (secondary N) is 1. The highest BCUT2D eigenvalue weighted by atomic mass is 16.3. The van der Waals surface area contributed by atoms with E-state index in [-0.39, 0.29) is 12.3 Å². The van der Waals surface area contributed by atoms with Crippen LogP contribution in [-0.2, 0) is 16.0 Å². The van der Waals surface area contributed by atoms with Crippen molar-refractivity contribution in [3.63, 3.8) is 0 Å². The van der Waals surface area contributed by atoms with E-state index in [2.05, 4.69) is 5.32 Å². The van der Waals surface area contributed by atoms with Crippen LogP contribution in [0.3, 0.4) is 0 Å². The monoisotopic (exact) mass is 300 g/mol. The van der Waals surface area contributed by atoms with E-state index in [0.717, 1.165) is 17.1 Å². The standard InChI is InChI=1S/C17H20N2O3/c1-17(2,16(18)21)19-15(20)11-9-13-8-10-14(22-13)12-6-4-3-5-7-12/h3-8,10H,9,11H2,1-2H3,(H2,18,21)(H,19,20). The number of aryl methyl sites for hydroxylation is 1. The summed E-state index contributed by atoms with van der Waals surface area (Å²) in [7, 11) is 0. The van der Waals surface area contributed by atoms with Crippen molar-refractivity contribution in [1.29, 1.82) is 0 Å². The number of hydrogen-bond donors (Lipinski definition) is 2. The summed E-state index contributed by atoms with van der Waals surface area (Å²) < 4.78 is 5.73. The lowest BCUT2D eigenvalue weighted by molar-refractivity contribution is -0.130. The van der Waals surface area contributed by atoms with Gasteiger partial charge in [0.15, 0.2) is 0 Å². The molecule has 2 amide bonds. The van der Waals surface area contributed by atoms with Crippen LogP contribution in [0.25, 0.3) is 11.3 Å². The van der Waals surface area contributed by atoms with Crippen molar-refractivity contribution in [1.82, 2.24) is 5.32 Å². The lowest BCUT2D eigenvalue weighted by Gasteiger charge is -2.22. The third-order valence-corrected chi connectivity index (χ3v) is 3.39. The Balaban J connectivity index is 1.92. The highest BCUT2D eigenvalue weighted by molar-refractivity contribution is 5.89. The smallest absolute Gasteiger partial charge is 0.242 e. The highest BCUT2D eigenvalue weighted by Gasteiger charge is 2.26. The van der Waals surface area contributed by atoms with E-state index in [1.54, 1.807) is 13.8 Å². The Morgan fingerprint density at radius 2 is 1.82 bits per heavy atom. The molecule has 0 bridgehead atoms. The van der Waals surface area contributed by atoms with Crippen LogP contribution in [-0.4, -0.2) is 17.4 Å². The van der Waals surface area contributed by atoms with Crippen LogP contribution in [0.15, 0.2) is 46.9 Å². The first-order valence-electron chi connectivity index (χ1n) is 7.13. The van der Waals surface area contributed by atoms with Crippen molar-refractivity contribution in [2.24, 2.45) is 5.73 Å². The summed E-state index contributed by atoms with van der Waals surface area (Å²) in [6.07, 6.45) is 0.700. The van der Waals surface area contributed by atoms with E-state index >= 15 is 0 Å². The van der Waals surface area contributed by atoms with Crippen LogP contribution < -0.4 is 11.1 Å². The topological polar surface area (TPSA) is 85.3 Å². The average molecular weight is 300 g/mol. The largest absolute Gasteiger partial charge is 0.461 e. The van der Waals surface area contributed by atoms with Gasteiger partial charge in [-0.1, -0.05) is 30.3 Å². The lowest BCUT2D eigenvalue weighted by atomic mass is 10.0. The molecule has 0 atom stereocenters. The number of carbonyl (C=O) groups is 2. The Bertz CT molecular complexity index is 660. The molecule has 0 radical (unpaired) electrons. The molecule has 22 heavy (non-hydrogen) atoms. The Morgan fingerprint density at radius 3 is 2.45 bits per heavy atom. The summed E-state index contributed by atoms with van der Waals surface area (Å²) in [6, 6.07) is 13.5. The van der Waals surface area contributed by atoms with Gasteiger partial charge >= 0.3 is 0 Å². The third-order valence-electron chi connectivity index (χ3n) is 3.39. The molecule has 3 N–H and O–H groups in total. The minimum Gasteiger partial charge on any atom is -0.461 e. The summed E-state index contributed by atoms with van der Waals surface area (Å²) in [4.78, 5) is 23.0. The molecule has 0 spiro atoms. The quantitative estimate of drug-likeness (QED) is 0.858. The van der Waals surface area contributed by atoms with Gasteiger partial charge in [0.2, 0.25) is 11.8 Å². The molecule has 1 heterocycles. The van der Waals surface area contributed by atoms with Gasteiger partial charge in [-0.15, -0.1) is 0 Å². The molecular weight excluding hydrogens is 280 g/mol. The van der Waals surface area contributed by atoms with Gasteiger partial charge < -0.3 is 15.5 Å². The van der Waals surface area contributed by atoms with Crippen LogP contribution >= 0.6 is 0 Å². The summed E-state index contributed by atoms with van der Waals surface area (Å²) in [5, 5.41) is 2.61. The first kappa shape index (κ1) is 15.8. The summed E-state index contributed by atoms with van der Waals surface area (Å²) in [5.74, 6) is 0.700. The fourth-order valence-corrected chi connectivity index (χ4v) is 1.98. The zero-order valence-electron chi connectivity index (χ0n) is 12.8. The number of hydrogen-bond acceptors (Lipinski definition) is 3. The molecule has 0 saturated heterocycles. The molecule has 0 aliphatic rings. The van der Waals surface area contributed by atoms with Gasteiger partial charge in [-0.3, -0.25) is 9.59 Å². The number of furan rings is 1. The second kappa shape index (κ2) is 6.47. The fraction of sp³-hybridized carbons (Fsp3) is 0.294. The molecule has 0 fully saturated rings. The molecule has 1 aromatic carbocycles. The molecule has 0 saturated carbocycles. The average Bonchev–Trinajstić information content (AvgIpc) is 2.94. The van der Waals surface area contributed by atoms with Crippen molar-refractivity contribution in [3.05, 3.63) is 48.2 Å². The lowest BCUT2D eigenvalue weighted by Crippen LogP contribution is -2.53. The molecule has 5 nitrogen and oxygen atoms in total. The Labute approximate surface area is 129 Å². The van der Waals surface area contributed by atoms with E-state index in [1.807, 2.05) is 42.5 Å². The Hall–Kier alpha value is -2.56. The van der Waals surface area contributed by atoms with Crippen LogP contribution in [0.1, 0.15) is 26.0 Å². The van der Waals surface area contributed by atoms with Crippen LogP contribution in [0.5, 0.6) is 0 Å². The van der Waals surface area contributed by atoms with E-state index in [4.69, 9.17) is 10.2 Å². The Morgan fingerprint density at radius 1 is 1.14 bits per heavy atom. The number of amides is 2. The number of rotatable bonds is 6. The summed E-state index contributed by atoms with van der Waals surface area (Å²) in [6.45, 7) is 3.15. The number of nitrogens with two attached hydrogens (primary N) is 1. The minimum atomic E-state index is -1.05. The van der Waals surface area contributed by atoms with E-state index in [9.17, 15) is 9.59 Å². The zero-order chi connectivity index (χ0) is 16.2. The van der Waals surface area contributed by atoms with Gasteiger partial charge in [0, 0.05) is 18.4 Å². The van der Waals surface area contributed by atoms with Gasteiger partial charge in [-0.25, -0.2) is 0 Å². The number of carbonyl (C=O) groups excluding carboxylic acids is 2. The summed E-state index contributed by atoms with van der Waals surface area (Å²) >= 11 is 0. The second-order valence-corrected chi connectivity index (χ2v) is 5.67. The van der Waals surface area contributed by atoms with Gasteiger partial charge in [0.1, 0.15) is 17.1 Å². The van der Waals surface area contributed by atoms with E-state index in [1.165, 1.54) is 0 Å². The number of benzene rings is 1. The van der Waals surface area contributed by atoms with Crippen LogP contribution in [0, 0.1) is 0 Å². The van der Waals surface area contributed by atoms with Gasteiger partial charge in [0.25, 0.3) is 0 Å². The minimum absolute atomic E-state index is 0.235. The number of primary amides is 1. The maximum Gasteiger partial charge on any atom is 0.242 e. The van der Waals surface area contributed by atoms with Crippen molar-refractivity contribution < 1.29 is 14.0 Å². The van der Waals surface area contributed by atoms with Crippen molar-refractivity contribution in [2.45, 2.75) is 32.2 Å². The SMILES string of the molecule is CC(C)(NC(=O)CCc1ccc(-c2ccccc2)o1)C(N)=O. The van der Waals surface area contributed by atoms with Gasteiger partial charge in [0.05, 0.1) is 0 Å². The molecular formula is C17H20N2O3. The molecule has 2 rings (SSSR count). The van der Waals surface area contributed by atoms with Gasteiger partial charge in [-0.2, -0.15) is 0 Å². The second-order valence-electron chi connectivity index (χ2n) is 5.67. The molecule has 1 aromatic heterocycles.